The van der Waals surface area contributed by atoms with E-state index >= 15 is 0 Å². The number of hydrogen-bond donors (Lipinski definition) is 2. The summed E-state index contributed by atoms with van der Waals surface area (Å²) in [5, 5.41) is 8.21. The minimum Gasteiger partial charge on any atom is -0.381 e. The molecule has 4 aliphatic rings. The molecule has 3 heterocycles. The number of sulfonamides is 1. The molecule has 34 heavy (non-hydrogen) atoms. The SMILES string of the molecule is CC[C@H]1C[C@@H]2C(=NNS(=O)(=O)c3ccc(C)cc3)C[C@H]3Nc4ccccc4[C@]34CC(=O)N(C1)[C@H]24. The van der Waals surface area contributed by atoms with Crippen LogP contribution in [0.25, 0.3) is 0 Å². The molecule has 2 aromatic carbocycles. The summed E-state index contributed by atoms with van der Waals surface area (Å²) < 4.78 is 25.9. The third kappa shape index (κ3) is 3.04. The van der Waals surface area contributed by atoms with Gasteiger partial charge in [-0.1, -0.05) is 49.2 Å². The third-order valence-electron chi connectivity index (χ3n) is 8.49. The van der Waals surface area contributed by atoms with Gasteiger partial charge in [-0.15, -0.1) is 0 Å². The summed E-state index contributed by atoms with van der Waals surface area (Å²) in [4.78, 5) is 18.1. The molecule has 0 aromatic heterocycles. The number of anilines is 1. The van der Waals surface area contributed by atoms with Crippen LogP contribution in [-0.2, 0) is 20.2 Å². The van der Waals surface area contributed by atoms with E-state index in [1.54, 1.807) is 24.3 Å². The molecule has 2 aromatic rings. The van der Waals surface area contributed by atoms with Gasteiger partial charge in [0.2, 0.25) is 5.91 Å². The van der Waals surface area contributed by atoms with Crippen LogP contribution in [0.2, 0.25) is 0 Å². The van der Waals surface area contributed by atoms with Crippen LogP contribution < -0.4 is 10.1 Å². The maximum atomic E-state index is 13.3. The van der Waals surface area contributed by atoms with Crippen LogP contribution in [0.15, 0.2) is 58.5 Å². The number of rotatable bonds is 4. The zero-order chi connectivity index (χ0) is 23.7. The zero-order valence-corrected chi connectivity index (χ0v) is 20.3. The van der Waals surface area contributed by atoms with Gasteiger partial charge in [0.05, 0.1) is 10.9 Å². The van der Waals surface area contributed by atoms with Crippen molar-refractivity contribution in [1.29, 1.82) is 0 Å². The number of piperidine rings is 1. The van der Waals surface area contributed by atoms with Crippen molar-refractivity contribution in [1.82, 2.24) is 9.73 Å². The molecule has 7 nitrogen and oxygen atoms in total. The first kappa shape index (κ1) is 21.6. The minimum absolute atomic E-state index is 0.000305. The van der Waals surface area contributed by atoms with Gasteiger partial charge in [-0.3, -0.25) is 4.79 Å². The first-order chi connectivity index (χ1) is 16.3. The number of fused-ring (bicyclic) bond motifs is 1. The Morgan fingerprint density at radius 1 is 1.18 bits per heavy atom. The Balaban J connectivity index is 1.41. The van der Waals surface area contributed by atoms with Crippen molar-refractivity contribution in [3.63, 3.8) is 0 Å². The molecule has 5 atom stereocenters. The largest absolute Gasteiger partial charge is 0.381 e. The highest BCUT2D eigenvalue weighted by atomic mass is 32.2. The van der Waals surface area contributed by atoms with Gasteiger partial charge in [-0.25, -0.2) is 4.83 Å². The summed E-state index contributed by atoms with van der Waals surface area (Å²) in [5.41, 5.74) is 3.87. The molecule has 6 rings (SSSR count). The van der Waals surface area contributed by atoms with Crippen molar-refractivity contribution in [3.8, 4) is 0 Å². The molecular weight excluding hydrogens is 448 g/mol. The predicted octanol–water partition coefficient (Wildman–Crippen LogP) is 3.41. The first-order valence-electron chi connectivity index (χ1n) is 12.1. The number of hydrogen-bond acceptors (Lipinski definition) is 5. The lowest BCUT2D eigenvalue weighted by molar-refractivity contribution is -0.131. The Hall–Kier alpha value is -2.87. The molecular formula is C26H30N4O3S. The van der Waals surface area contributed by atoms with Crippen LogP contribution in [-0.4, -0.2) is 43.6 Å². The van der Waals surface area contributed by atoms with Gasteiger partial charge in [-0.05, 0) is 43.0 Å². The third-order valence-corrected chi connectivity index (χ3v) is 9.71. The topological polar surface area (TPSA) is 90.9 Å². The van der Waals surface area contributed by atoms with Crippen molar-refractivity contribution >= 4 is 27.3 Å². The van der Waals surface area contributed by atoms with E-state index in [0.717, 1.165) is 36.3 Å². The second-order valence-corrected chi connectivity index (χ2v) is 11.9. The van der Waals surface area contributed by atoms with E-state index < -0.39 is 10.0 Å². The Kier molecular flexibility index (Phi) is 4.82. The number of para-hydroxylation sites is 1. The highest BCUT2D eigenvalue weighted by Crippen LogP contribution is 2.59. The van der Waals surface area contributed by atoms with Crippen molar-refractivity contribution in [2.24, 2.45) is 16.9 Å². The van der Waals surface area contributed by atoms with E-state index in [9.17, 15) is 13.2 Å². The Bertz CT molecular complexity index is 1290. The summed E-state index contributed by atoms with van der Waals surface area (Å²) in [7, 11) is -3.77. The monoisotopic (exact) mass is 478 g/mol. The minimum atomic E-state index is -3.77. The number of benzene rings is 2. The summed E-state index contributed by atoms with van der Waals surface area (Å²) >= 11 is 0. The quantitative estimate of drug-likeness (QED) is 0.659. The van der Waals surface area contributed by atoms with Gasteiger partial charge in [0.25, 0.3) is 10.0 Å². The van der Waals surface area contributed by atoms with E-state index in [1.165, 1.54) is 5.56 Å². The lowest BCUT2D eigenvalue weighted by Crippen LogP contribution is -2.63. The van der Waals surface area contributed by atoms with Crippen molar-refractivity contribution in [2.45, 2.75) is 61.9 Å². The van der Waals surface area contributed by atoms with Crippen LogP contribution in [0.1, 0.15) is 43.7 Å². The van der Waals surface area contributed by atoms with Gasteiger partial charge in [0, 0.05) is 48.2 Å². The predicted molar refractivity (Wildman–Crippen MR) is 131 cm³/mol. The number of carbonyl (C=O) groups is 1. The second kappa shape index (κ2) is 7.57. The van der Waals surface area contributed by atoms with E-state index in [4.69, 9.17) is 0 Å². The molecule has 2 N–H and O–H groups in total. The fourth-order valence-electron chi connectivity index (χ4n) is 6.85. The fourth-order valence-corrected chi connectivity index (χ4v) is 7.69. The van der Waals surface area contributed by atoms with E-state index in [1.807, 2.05) is 13.0 Å². The Morgan fingerprint density at radius 2 is 1.94 bits per heavy atom. The summed E-state index contributed by atoms with van der Waals surface area (Å²) in [6.45, 7) is 4.86. The molecule has 1 amide bonds. The lowest BCUT2D eigenvalue weighted by Gasteiger charge is -2.52. The molecule has 3 aliphatic heterocycles. The molecule has 8 heteroatoms. The van der Waals surface area contributed by atoms with Gasteiger partial charge in [0.15, 0.2) is 0 Å². The lowest BCUT2D eigenvalue weighted by atomic mass is 9.58. The van der Waals surface area contributed by atoms with E-state index in [2.05, 4.69) is 45.3 Å². The van der Waals surface area contributed by atoms with Crippen LogP contribution >= 0.6 is 0 Å². The molecule has 1 aliphatic carbocycles. The highest BCUT2D eigenvalue weighted by molar-refractivity contribution is 7.89. The molecule has 0 radical (unpaired) electrons. The van der Waals surface area contributed by atoms with Gasteiger partial charge in [-0.2, -0.15) is 13.5 Å². The molecule has 0 bridgehead atoms. The second-order valence-electron chi connectivity index (χ2n) is 10.3. The van der Waals surface area contributed by atoms with Gasteiger partial charge >= 0.3 is 0 Å². The number of nitrogens with one attached hydrogen (secondary N) is 2. The molecule has 178 valence electrons. The number of aryl methyl sites for hydroxylation is 1. The highest BCUT2D eigenvalue weighted by Gasteiger charge is 2.66. The van der Waals surface area contributed by atoms with Crippen LogP contribution in [0.5, 0.6) is 0 Å². The number of amides is 1. The Labute approximate surface area is 200 Å². The number of hydrazone groups is 1. The standard InChI is InChI=1S/C26H30N4O3S/c1-3-17-12-19-22(28-29-34(32,33)18-10-8-16(2)9-11-18)13-23-26(14-24(31)30(15-17)25(19)26)20-6-4-5-7-21(20)27-23/h4-11,17,19,23,25,27,29H,3,12-15H2,1-2H3/t17-,19+,23+,25+,26+/m0/s1. The summed E-state index contributed by atoms with van der Waals surface area (Å²) in [6.07, 6.45) is 3.03. The molecule has 3 fully saturated rings. The van der Waals surface area contributed by atoms with E-state index in [-0.39, 0.29) is 34.2 Å². The molecule has 2 saturated heterocycles. The average Bonchev–Trinajstić information content (AvgIpc) is 3.32. The van der Waals surface area contributed by atoms with Crippen molar-refractivity contribution < 1.29 is 13.2 Å². The normalized spacial score (nSPS) is 32.7. The maximum absolute atomic E-state index is 13.3. The maximum Gasteiger partial charge on any atom is 0.276 e. The zero-order valence-electron chi connectivity index (χ0n) is 19.5. The van der Waals surface area contributed by atoms with Crippen LogP contribution in [0.3, 0.4) is 0 Å². The van der Waals surface area contributed by atoms with E-state index in [0.29, 0.717) is 18.8 Å². The number of carbonyl (C=O) groups excluding carboxylic acids is 1. The number of nitrogens with zero attached hydrogens (tertiary/aromatic N) is 2. The molecule has 1 saturated carbocycles. The molecule has 0 unspecified atom stereocenters. The van der Waals surface area contributed by atoms with Crippen molar-refractivity contribution in [3.05, 3.63) is 59.7 Å². The Morgan fingerprint density at radius 3 is 2.71 bits per heavy atom. The fraction of sp³-hybridized carbons (Fsp3) is 0.462. The first-order valence-corrected chi connectivity index (χ1v) is 13.6. The van der Waals surface area contributed by atoms with Gasteiger partial charge in [0.1, 0.15) is 0 Å². The van der Waals surface area contributed by atoms with Crippen LogP contribution in [0, 0.1) is 18.8 Å². The average molecular weight is 479 g/mol. The summed E-state index contributed by atoms with van der Waals surface area (Å²) in [5.74, 6) is 0.633. The summed E-state index contributed by atoms with van der Waals surface area (Å²) in [6, 6.07) is 15.1. The van der Waals surface area contributed by atoms with Crippen LogP contribution in [0.4, 0.5) is 5.69 Å². The molecule has 1 spiro atoms. The van der Waals surface area contributed by atoms with Crippen molar-refractivity contribution in [2.75, 3.05) is 11.9 Å². The smallest absolute Gasteiger partial charge is 0.276 e. The van der Waals surface area contributed by atoms with Gasteiger partial charge < -0.3 is 10.2 Å².